The quantitative estimate of drug-likeness (QED) is 0.637. The van der Waals surface area contributed by atoms with Crippen molar-refractivity contribution in [2.24, 2.45) is 0 Å². The van der Waals surface area contributed by atoms with Crippen LogP contribution in [0.25, 0.3) is 0 Å². The van der Waals surface area contributed by atoms with Crippen LogP contribution in [0.4, 0.5) is 0 Å². The predicted molar refractivity (Wildman–Crippen MR) is 82.7 cm³/mol. The van der Waals surface area contributed by atoms with E-state index in [9.17, 15) is 4.79 Å². The minimum absolute atomic E-state index is 0.0276. The second kappa shape index (κ2) is 6.43. The molecule has 0 N–H and O–H groups in total. The average Bonchev–Trinajstić information content (AvgIpc) is 3.09. The SMILES string of the molecule is CSc1ccccc1C(=O)c1cccc(C2OCCO2)c1. The van der Waals surface area contributed by atoms with Crippen LogP contribution in [0, 0.1) is 0 Å². The molecule has 1 saturated heterocycles. The van der Waals surface area contributed by atoms with Crippen molar-refractivity contribution in [1.29, 1.82) is 0 Å². The van der Waals surface area contributed by atoms with E-state index >= 15 is 0 Å². The van der Waals surface area contributed by atoms with Crippen molar-refractivity contribution in [3.8, 4) is 0 Å². The molecule has 0 aromatic heterocycles. The van der Waals surface area contributed by atoms with Gasteiger partial charge in [0, 0.05) is 21.6 Å². The van der Waals surface area contributed by atoms with E-state index in [1.165, 1.54) is 0 Å². The topological polar surface area (TPSA) is 35.5 Å². The number of rotatable bonds is 4. The molecule has 0 unspecified atom stereocenters. The van der Waals surface area contributed by atoms with Gasteiger partial charge in [0.25, 0.3) is 0 Å². The van der Waals surface area contributed by atoms with Gasteiger partial charge in [-0.15, -0.1) is 11.8 Å². The Morgan fingerprint density at radius 3 is 2.62 bits per heavy atom. The van der Waals surface area contributed by atoms with Gasteiger partial charge in [-0.25, -0.2) is 0 Å². The maximum atomic E-state index is 12.7. The first-order valence-corrected chi connectivity index (χ1v) is 8.03. The standard InChI is InChI=1S/C17H16O3S/c1-21-15-8-3-2-7-14(15)16(18)12-5-4-6-13(11-12)17-19-9-10-20-17/h2-8,11,17H,9-10H2,1H3. The van der Waals surface area contributed by atoms with Crippen molar-refractivity contribution in [2.45, 2.75) is 11.2 Å². The monoisotopic (exact) mass is 300 g/mol. The summed E-state index contributed by atoms with van der Waals surface area (Å²) in [5.74, 6) is 0.0276. The summed E-state index contributed by atoms with van der Waals surface area (Å²) in [6, 6.07) is 15.1. The highest BCUT2D eigenvalue weighted by Gasteiger charge is 2.20. The third-order valence-electron chi connectivity index (χ3n) is 3.39. The van der Waals surface area contributed by atoms with Gasteiger partial charge in [0.05, 0.1) is 13.2 Å². The van der Waals surface area contributed by atoms with Crippen molar-refractivity contribution in [3.05, 3.63) is 65.2 Å². The van der Waals surface area contributed by atoms with E-state index < -0.39 is 0 Å². The molecule has 0 atom stereocenters. The molecule has 1 heterocycles. The zero-order valence-electron chi connectivity index (χ0n) is 11.7. The molecule has 1 aliphatic heterocycles. The van der Waals surface area contributed by atoms with Gasteiger partial charge in [-0.1, -0.05) is 30.3 Å². The normalized spacial score (nSPS) is 15.3. The van der Waals surface area contributed by atoms with Gasteiger partial charge in [-0.05, 0) is 24.5 Å². The molecular formula is C17H16O3S. The number of ether oxygens (including phenoxy) is 2. The van der Waals surface area contributed by atoms with Crippen LogP contribution < -0.4 is 0 Å². The second-order valence-corrected chi connectivity index (χ2v) is 5.58. The van der Waals surface area contributed by atoms with E-state index in [4.69, 9.17) is 9.47 Å². The highest BCUT2D eigenvalue weighted by Crippen LogP contribution is 2.26. The molecule has 0 radical (unpaired) electrons. The van der Waals surface area contributed by atoms with Crippen molar-refractivity contribution in [3.63, 3.8) is 0 Å². The number of ketones is 1. The Morgan fingerprint density at radius 1 is 1.10 bits per heavy atom. The number of thioether (sulfide) groups is 1. The molecule has 108 valence electrons. The third kappa shape index (κ3) is 3.02. The van der Waals surface area contributed by atoms with Crippen molar-refractivity contribution >= 4 is 17.5 Å². The van der Waals surface area contributed by atoms with Crippen molar-refractivity contribution in [1.82, 2.24) is 0 Å². The Kier molecular flexibility index (Phi) is 4.39. The van der Waals surface area contributed by atoms with E-state index in [0.717, 1.165) is 16.0 Å². The summed E-state index contributed by atoms with van der Waals surface area (Å²) < 4.78 is 11.0. The van der Waals surface area contributed by atoms with Crippen LogP contribution in [-0.2, 0) is 9.47 Å². The number of hydrogen-bond donors (Lipinski definition) is 0. The summed E-state index contributed by atoms with van der Waals surface area (Å²) in [5.41, 5.74) is 2.28. The molecule has 0 aliphatic carbocycles. The van der Waals surface area contributed by atoms with E-state index in [2.05, 4.69) is 0 Å². The molecule has 0 amide bonds. The van der Waals surface area contributed by atoms with E-state index in [-0.39, 0.29) is 12.1 Å². The summed E-state index contributed by atoms with van der Waals surface area (Å²) >= 11 is 1.58. The van der Waals surface area contributed by atoms with Crippen LogP contribution in [0.5, 0.6) is 0 Å². The van der Waals surface area contributed by atoms with Crippen LogP contribution in [0.3, 0.4) is 0 Å². The zero-order chi connectivity index (χ0) is 14.7. The van der Waals surface area contributed by atoms with Crippen molar-refractivity contribution < 1.29 is 14.3 Å². The summed E-state index contributed by atoms with van der Waals surface area (Å²) in [7, 11) is 0. The molecule has 4 heteroatoms. The lowest BCUT2D eigenvalue weighted by atomic mass is 10.0. The number of benzene rings is 2. The van der Waals surface area contributed by atoms with Gasteiger partial charge in [0.2, 0.25) is 0 Å². The highest BCUT2D eigenvalue weighted by atomic mass is 32.2. The van der Waals surface area contributed by atoms with E-state index in [0.29, 0.717) is 18.8 Å². The molecule has 0 spiro atoms. The maximum Gasteiger partial charge on any atom is 0.194 e. The fraction of sp³-hybridized carbons (Fsp3) is 0.235. The lowest BCUT2D eigenvalue weighted by Crippen LogP contribution is -2.05. The van der Waals surface area contributed by atoms with Crippen LogP contribution in [0.2, 0.25) is 0 Å². The van der Waals surface area contributed by atoms with Crippen LogP contribution in [0.1, 0.15) is 27.8 Å². The number of carbonyl (C=O) groups is 1. The fourth-order valence-electron chi connectivity index (χ4n) is 2.37. The maximum absolute atomic E-state index is 12.7. The van der Waals surface area contributed by atoms with Crippen LogP contribution in [0.15, 0.2) is 53.4 Å². The largest absolute Gasteiger partial charge is 0.346 e. The van der Waals surface area contributed by atoms with Gasteiger partial charge in [0.15, 0.2) is 12.1 Å². The van der Waals surface area contributed by atoms with Crippen LogP contribution in [-0.4, -0.2) is 25.3 Å². The molecule has 0 saturated carbocycles. The molecule has 1 fully saturated rings. The van der Waals surface area contributed by atoms with Gasteiger partial charge >= 0.3 is 0 Å². The van der Waals surface area contributed by atoms with E-state index in [1.54, 1.807) is 11.8 Å². The molecule has 2 aromatic carbocycles. The molecule has 0 bridgehead atoms. The Labute approximate surface area is 128 Å². The molecule has 3 rings (SSSR count). The lowest BCUT2D eigenvalue weighted by Gasteiger charge is -2.11. The molecule has 2 aromatic rings. The summed E-state index contributed by atoms with van der Waals surface area (Å²) in [5, 5.41) is 0. The first-order chi connectivity index (χ1) is 10.3. The van der Waals surface area contributed by atoms with E-state index in [1.807, 2.05) is 54.8 Å². The average molecular weight is 300 g/mol. The molecule has 3 nitrogen and oxygen atoms in total. The summed E-state index contributed by atoms with van der Waals surface area (Å²) in [4.78, 5) is 13.7. The summed E-state index contributed by atoms with van der Waals surface area (Å²) in [6.07, 6.45) is 1.62. The lowest BCUT2D eigenvalue weighted by molar-refractivity contribution is -0.0441. The first-order valence-electron chi connectivity index (χ1n) is 6.80. The molecular weight excluding hydrogens is 284 g/mol. The Hall–Kier alpha value is -1.62. The van der Waals surface area contributed by atoms with Gasteiger partial charge in [-0.2, -0.15) is 0 Å². The Bertz CT molecular complexity index is 648. The van der Waals surface area contributed by atoms with Gasteiger partial charge in [-0.3, -0.25) is 4.79 Å². The van der Waals surface area contributed by atoms with Gasteiger partial charge < -0.3 is 9.47 Å². The first kappa shape index (κ1) is 14.3. The smallest absolute Gasteiger partial charge is 0.194 e. The molecule has 1 aliphatic rings. The Balaban J connectivity index is 1.92. The zero-order valence-corrected chi connectivity index (χ0v) is 12.6. The fourth-order valence-corrected chi connectivity index (χ4v) is 2.96. The number of carbonyl (C=O) groups excluding carboxylic acids is 1. The second-order valence-electron chi connectivity index (χ2n) is 4.73. The minimum Gasteiger partial charge on any atom is -0.346 e. The predicted octanol–water partition coefficient (Wildman–Crippen LogP) is 3.68. The highest BCUT2D eigenvalue weighted by molar-refractivity contribution is 7.98. The Morgan fingerprint density at radius 2 is 1.86 bits per heavy atom. The third-order valence-corrected chi connectivity index (χ3v) is 4.19. The van der Waals surface area contributed by atoms with Crippen molar-refractivity contribution in [2.75, 3.05) is 19.5 Å². The summed E-state index contributed by atoms with van der Waals surface area (Å²) in [6.45, 7) is 1.19. The number of hydrogen-bond acceptors (Lipinski definition) is 4. The molecule has 21 heavy (non-hydrogen) atoms. The van der Waals surface area contributed by atoms with Gasteiger partial charge in [0.1, 0.15) is 0 Å². The minimum atomic E-state index is -0.353. The van der Waals surface area contributed by atoms with Crippen LogP contribution >= 0.6 is 11.8 Å².